The minimum absolute atomic E-state index is 0.0372. The molecular weight excluding hydrogens is 255 g/mol. The van der Waals surface area contributed by atoms with Crippen LogP contribution in [0.5, 0.6) is 0 Å². The molecule has 0 saturated carbocycles. The highest BCUT2D eigenvalue weighted by Crippen LogP contribution is 2.19. The van der Waals surface area contributed by atoms with Crippen LogP contribution in [0, 0.1) is 11.7 Å². The van der Waals surface area contributed by atoms with Gasteiger partial charge >= 0.3 is 0 Å². The topological polar surface area (TPSA) is 41.1 Å². The first-order valence-electron chi connectivity index (χ1n) is 7.38. The zero-order valence-corrected chi connectivity index (χ0v) is 12.0. The van der Waals surface area contributed by atoms with E-state index in [2.05, 4.69) is 10.6 Å². The molecule has 2 atom stereocenters. The van der Waals surface area contributed by atoms with Crippen LogP contribution >= 0.6 is 0 Å². The minimum atomic E-state index is -0.247. The van der Waals surface area contributed by atoms with Gasteiger partial charge in [0.1, 0.15) is 5.82 Å². The van der Waals surface area contributed by atoms with Gasteiger partial charge in [0.2, 0.25) is 5.91 Å². The number of halogens is 1. The summed E-state index contributed by atoms with van der Waals surface area (Å²) in [5.41, 5.74) is 0.875. The molecule has 1 aliphatic heterocycles. The standard InChI is InChI=1S/C16H23FN2O/c1-12(14-5-2-6-15(17)9-14)8-16(20)19-11-13-4-3-7-18-10-13/h2,5-6,9,12-13,18H,3-4,7-8,10-11H2,1H3,(H,19,20). The average molecular weight is 278 g/mol. The highest BCUT2D eigenvalue weighted by atomic mass is 19.1. The van der Waals surface area contributed by atoms with Crippen LogP contribution in [0.15, 0.2) is 24.3 Å². The lowest BCUT2D eigenvalue weighted by Crippen LogP contribution is -2.38. The van der Waals surface area contributed by atoms with E-state index in [9.17, 15) is 9.18 Å². The maximum atomic E-state index is 13.1. The first-order valence-corrected chi connectivity index (χ1v) is 7.38. The smallest absolute Gasteiger partial charge is 0.220 e. The van der Waals surface area contributed by atoms with Gasteiger partial charge in [-0.1, -0.05) is 19.1 Å². The number of carbonyl (C=O) groups is 1. The Hall–Kier alpha value is -1.42. The van der Waals surface area contributed by atoms with Gasteiger partial charge in [0.05, 0.1) is 0 Å². The van der Waals surface area contributed by atoms with Crippen LogP contribution in [0.2, 0.25) is 0 Å². The monoisotopic (exact) mass is 278 g/mol. The molecule has 110 valence electrons. The molecule has 1 heterocycles. The van der Waals surface area contributed by atoms with Crippen molar-refractivity contribution < 1.29 is 9.18 Å². The molecule has 2 unspecified atom stereocenters. The van der Waals surface area contributed by atoms with E-state index in [1.165, 1.54) is 25.0 Å². The van der Waals surface area contributed by atoms with Gasteiger partial charge in [-0.15, -0.1) is 0 Å². The van der Waals surface area contributed by atoms with Gasteiger partial charge in [0, 0.05) is 13.0 Å². The quantitative estimate of drug-likeness (QED) is 0.868. The van der Waals surface area contributed by atoms with Gasteiger partial charge in [0.25, 0.3) is 0 Å². The van der Waals surface area contributed by atoms with Crippen LogP contribution in [0.1, 0.15) is 37.7 Å². The Balaban J connectivity index is 1.76. The van der Waals surface area contributed by atoms with Crippen molar-refractivity contribution in [2.24, 2.45) is 5.92 Å². The van der Waals surface area contributed by atoms with E-state index in [4.69, 9.17) is 0 Å². The third-order valence-electron chi connectivity index (χ3n) is 3.90. The molecule has 0 aromatic heterocycles. The third-order valence-corrected chi connectivity index (χ3v) is 3.90. The Morgan fingerprint density at radius 2 is 2.40 bits per heavy atom. The normalized spacial score (nSPS) is 20.4. The summed E-state index contributed by atoms with van der Waals surface area (Å²) in [7, 11) is 0. The van der Waals surface area contributed by atoms with E-state index in [1.807, 2.05) is 13.0 Å². The number of piperidine rings is 1. The number of nitrogens with one attached hydrogen (secondary N) is 2. The van der Waals surface area contributed by atoms with Crippen LogP contribution in [0.4, 0.5) is 4.39 Å². The van der Waals surface area contributed by atoms with E-state index in [1.54, 1.807) is 6.07 Å². The molecule has 2 rings (SSSR count). The molecule has 20 heavy (non-hydrogen) atoms. The first kappa shape index (κ1) is 15.0. The highest BCUT2D eigenvalue weighted by molar-refractivity contribution is 5.76. The highest BCUT2D eigenvalue weighted by Gasteiger charge is 2.16. The summed E-state index contributed by atoms with van der Waals surface area (Å²) in [6.45, 7) is 4.76. The molecule has 1 amide bonds. The maximum Gasteiger partial charge on any atom is 0.220 e. The van der Waals surface area contributed by atoms with E-state index in [0.29, 0.717) is 12.3 Å². The van der Waals surface area contributed by atoms with Crippen molar-refractivity contribution in [1.29, 1.82) is 0 Å². The van der Waals surface area contributed by atoms with Crippen molar-refractivity contribution in [3.63, 3.8) is 0 Å². The molecule has 1 aliphatic rings. The molecule has 2 N–H and O–H groups in total. The molecule has 0 bridgehead atoms. The maximum absolute atomic E-state index is 13.1. The second-order valence-electron chi connectivity index (χ2n) is 5.68. The zero-order valence-electron chi connectivity index (χ0n) is 12.0. The molecule has 0 aliphatic carbocycles. The lowest BCUT2D eigenvalue weighted by Gasteiger charge is -2.23. The van der Waals surface area contributed by atoms with Gasteiger partial charge in [-0.05, 0) is 55.5 Å². The minimum Gasteiger partial charge on any atom is -0.356 e. The fourth-order valence-corrected chi connectivity index (χ4v) is 2.64. The molecule has 1 aromatic carbocycles. The predicted octanol–water partition coefficient (Wildman–Crippen LogP) is 2.44. The van der Waals surface area contributed by atoms with Crippen molar-refractivity contribution in [1.82, 2.24) is 10.6 Å². The van der Waals surface area contributed by atoms with Gasteiger partial charge in [-0.25, -0.2) is 4.39 Å². The summed E-state index contributed by atoms with van der Waals surface area (Å²) in [4.78, 5) is 11.9. The number of amides is 1. The van der Waals surface area contributed by atoms with E-state index < -0.39 is 0 Å². The lowest BCUT2D eigenvalue weighted by atomic mass is 9.96. The Morgan fingerprint density at radius 1 is 1.55 bits per heavy atom. The number of hydrogen-bond donors (Lipinski definition) is 2. The van der Waals surface area contributed by atoms with Crippen LogP contribution in [0.25, 0.3) is 0 Å². The molecule has 0 radical (unpaired) electrons. The fraction of sp³-hybridized carbons (Fsp3) is 0.562. The van der Waals surface area contributed by atoms with Gasteiger partial charge in [-0.3, -0.25) is 4.79 Å². The molecule has 1 fully saturated rings. The first-order chi connectivity index (χ1) is 9.65. The number of rotatable bonds is 5. The Bertz CT molecular complexity index is 444. The molecule has 0 spiro atoms. The Kier molecular flexibility index (Phi) is 5.53. The summed E-state index contributed by atoms with van der Waals surface area (Å²) in [6, 6.07) is 6.48. The molecule has 1 aromatic rings. The Morgan fingerprint density at radius 3 is 3.10 bits per heavy atom. The van der Waals surface area contributed by atoms with Gasteiger partial charge in [0.15, 0.2) is 0 Å². The lowest BCUT2D eigenvalue weighted by molar-refractivity contribution is -0.121. The largest absolute Gasteiger partial charge is 0.356 e. The predicted molar refractivity (Wildman–Crippen MR) is 78.0 cm³/mol. The van der Waals surface area contributed by atoms with Crippen LogP contribution < -0.4 is 10.6 Å². The SMILES string of the molecule is CC(CC(=O)NCC1CCCNC1)c1cccc(F)c1. The summed E-state index contributed by atoms with van der Waals surface area (Å²) in [5, 5.41) is 6.33. The van der Waals surface area contributed by atoms with Crippen molar-refractivity contribution in [2.75, 3.05) is 19.6 Å². The third kappa shape index (κ3) is 4.60. The van der Waals surface area contributed by atoms with E-state index in [0.717, 1.165) is 25.2 Å². The zero-order chi connectivity index (χ0) is 14.4. The van der Waals surface area contributed by atoms with Crippen LogP contribution in [-0.4, -0.2) is 25.5 Å². The van der Waals surface area contributed by atoms with E-state index in [-0.39, 0.29) is 17.6 Å². The molecule has 3 nitrogen and oxygen atoms in total. The van der Waals surface area contributed by atoms with Gasteiger partial charge in [-0.2, -0.15) is 0 Å². The number of benzene rings is 1. The summed E-state index contributed by atoms with van der Waals surface area (Å²) in [5.74, 6) is 0.378. The molecule has 1 saturated heterocycles. The fourth-order valence-electron chi connectivity index (χ4n) is 2.64. The summed E-state index contributed by atoms with van der Waals surface area (Å²) < 4.78 is 13.1. The second kappa shape index (κ2) is 7.39. The van der Waals surface area contributed by atoms with Crippen molar-refractivity contribution in [2.45, 2.75) is 32.1 Å². The van der Waals surface area contributed by atoms with Crippen LogP contribution in [0.3, 0.4) is 0 Å². The van der Waals surface area contributed by atoms with Crippen molar-refractivity contribution >= 4 is 5.91 Å². The van der Waals surface area contributed by atoms with E-state index >= 15 is 0 Å². The molecule has 4 heteroatoms. The summed E-state index contributed by atoms with van der Waals surface area (Å²) >= 11 is 0. The summed E-state index contributed by atoms with van der Waals surface area (Å²) in [6.07, 6.45) is 2.76. The number of hydrogen-bond acceptors (Lipinski definition) is 2. The van der Waals surface area contributed by atoms with Gasteiger partial charge < -0.3 is 10.6 Å². The molecular formula is C16H23FN2O. The van der Waals surface area contributed by atoms with Crippen LogP contribution in [-0.2, 0) is 4.79 Å². The van der Waals surface area contributed by atoms with Crippen molar-refractivity contribution in [3.8, 4) is 0 Å². The van der Waals surface area contributed by atoms with Crippen molar-refractivity contribution in [3.05, 3.63) is 35.6 Å². The number of carbonyl (C=O) groups excluding carboxylic acids is 1. The Labute approximate surface area is 120 Å². The average Bonchev–Trinajstić information content (AvgIpc) is 2.46. The second-order valence-corrected chi connectivity index (χ2v) is 5.68.